The first-order chi connectivity index (χ1) is 13.2. The van der Waals surface area contributed by atoms with Crippen LogP contribution in [0.15, 0.2) is 27.7 Å². The van der Waals surface area contributed by atoms with Gasteiger partial charge in [-0.15, -0.1) is 0 Å². The summed E-state index contributed by atoms with van der Waals surface area (Å²) in [5, 5.41) is 4.81. The highest BCUT2D eigenvalue weighted by Gasteiger charge is 2.39. The minimum atomic E-state index is -4.99. The predicted molar refractivity (Wildman–Crippen MR) is 110 cm³/mol. The first-order valence-electron chi connectivity index (χ1n) is 8.60. The summed E-state index contributed by atoms with van der Waals surface area (Å²) >= 11 is 4.60. The number of amidine groups is 1. The maximum absolute atomic E-state index is 12.6. The number of anilines is 1. The number of alkyl halides is 3. The number of rotatable bonds is 2. The van der Waals surface area contributed by atoms with Gasteiger partial charge < -0.3 is 10.1 Å². The molecule has 1 atom stereocenters. The van der Waals surface area contributed by atoms with Crippen LogP contribution in [-0.4, -0.2) is 34.7 Å². The number of ether oxygens (including phenoxy) is 1. The van der Waals surface area contributed by atoms with E-state index in [0.717, 1.165) is 0 Å². The van der Waals surface area contributed by atoms with E-state index >= 15 is 0 Å². The van der Waals surface area contributed by atoms with Gasteiger partial charge in [0.2, 0.25) is 0 Å². The van der Waals surface area contributed by atoms with Gasteiger partial charge in [-0.2, -0.15) is 13.2 Å². The molecule has 0 aliphatic carbocycles. The predicted octanol–water partition coefficient (Wildman–Crippen LogP) is 5.18. The minimum Gasteiger partial charge on any atom is -0.444 e. The molecule has 0 radical (unpaired) electrons. The molecule has 0 saturated heterocycles. The molecule has 11 heteroatoms. The van der Waals surface area contributed by atoms with Gasteiger partial charge in [0, 0.05) is 15.9 Å². The molecule has 2 N–H and O–H groups in total. The van der Waals surface area contributed by atoms with Gasteiger partial charge in [-0.3, -0.25) is 15.1 Å². The lowest BCUT2D eigenvalue weighted by molar-refractivity contribution is -0.167. The number of halogens is 4. The topological polar surface area (TPSA) is 79.8 Å². The second-order valence-corrected chi connectivity index (χ2v) is 9.60. The summed E-state index contributed by atoms with van der Waals surface area (Å²) in [4.78, 5) is 27.8. The number of amides is 2. The first-order valence-corrected chi connectivity index (χ1v) is 10.4. The van der Waals surface area contributed by atoms with E-state index < -0.39 is 29.3 Å². The Morgan fingerprint density at radius 3 is 2.45 bits per heavy atom. The summed E-state index contributed by atoms with van der Waals surface area (Å²) in [5.74, 6) is -1.43. The second kappa shape index (κ2) is 8.55. The summed E-state index contributed by atoms with van der Waals surface area (Å²) in [6.45, 7) is 7.03. The van der Waals surface area contributed by atoms with Crippen LogP contribution in [-0.2, 0) is 15.1 Å². The number of alkyl carbamates (subject to hydrolysis) is 1. The first kappa shape index (κ1) is 23.5. The van der Waals surface area contributed by atoms with E-state index in [2.05, 4.69) is 26.2 Å². The molecule has 1 aliphatic rings. The highest BCUT2D eigenvalue weighted by molar-refractivity contribution is 9.10. The molecular formula is C18H21BrF3N3O3S. The fourth-order valence-electron chi connectivity index (χ4n) is 2.50. The molecule has 2 rings (SSSR count). The lowest BCUT2D eigenvalue weighted by atomic mass is 9.89. The van der Waals surface area contributed by atoms with Gasteiger partial charge in [-0.25, -0.2) is 4.79 Å². The van der Waals surface area contributed by atoms with E-state index in [1.54, 1.807) is 33.8 Å². The summed E-state index contributed by atoms with van der Waals surface area (Å²) < 4.78 is 43.4. The average Bonchev–Trinajstić information content (AvgIpc) is 2.51. The molecule has 6 nitrogen and oxygen atoms in total. The van der Waals surface area contributed by atoms with E-state index in [0.29, 0.717) is 27.4 Å². The molecule has 0 fully saturated rings. The Morgan fingerprint density at radius 2 is 1.86 bits per heavy atom. The molecule has 1 heterocycles. The van der Waals surface area contributed by atoms with Crippen LogP contribution in [0.25, 0.3) is 0 Å². The van der Waals surface area contributed by atoms with Crippen LogP contribution in [0.2, 0.25) is 0 Å². The number of hydrogen-bond acceptors (Lipinski definition) is 5. The van der Waals surface area contributed by atoms with Gasteiger partial charge in [0.1, 0.15) is 5.60 Å². The van der Waals surface area contributed by atoms with Crippen LogP contribution in [0.5, 0.6) is 0 Å². The van der Waals surface area contributed by atoms with Crippen molar-refractivity contribution >= 4 is 50.5 Å². The van der Waals surface area contributed by atoms with Crippen molar-refractivity contribution in [3.05, 3.63) is 28.2 Å². The van der Waals surface area contributed by atoms with Crippen LogP contribution in [0, 0.1) is 0 Å². The third kappa shape index (κ3) is 6.91. The monoisotopic (exact) mass is 495 g/mol. The van der Waals surface area contributed by atoms with E-state index in [1.165, 1.54) is 23.9 Å². The third-order valence-electron chi connectivity index (χ3n) is 3.82. The van der Waals surface area contributed by atoms with Crippen molar-refractivity contribution in [2.75, 3.05) is 11.1 Å². The molecule has 0 saturated carbocycles. The number of hydrogen-bond donors (Lipinski definition) is 2. The molecular weight excluding hydrogens is 475 g/mol. The zero-order valence-electron chi connectivity index (χ0n) is 16.2. The van der Waals surface area contributed by atoms with E-state index in [-0.39, 0.29) is 5.69 Å². The van der Waals surface area contributed by atoms with Crippen molar-refractivity contribution in [3.63, 3.8) is 0 Å². The maximum Gasteiger partial charge on any atom is 0.471 e. The summed E-state index contributed by atoms with van der Waals surface area (Å²) in [5.41, 5.74) is -0.888. The van der Waals surface area contributed by atoms with Crippen molar-refractivity contribution < 1.29 is 27.5 Å². The Morgan fingerprint density at radius 1 is 1.21 bits per heavy atom. The van der Waals surface area contributed by atoms with Crippen LogP contribution in [0.3, 0.4) is 0 Å². The zero-order chi connectivity index (χ0) is 22.0. The molecule has 1 unspecified atom stereocenters. The van der Waals surface area contributed by atoms with Gasteiger partial charge in [0.05, 0.1) is 5.54 Å². The fourth-order valence-corrected chi connectivity index (χ4v) is 4.10. The summed E-state index contributed by atoms with van der Waals surface area (Å²) in [6.07, 6.45) is -5.04. The van der Waals surface area contributed by atoms with E-state index in [9.17, 15) is 22.8 Å². The van der Waals surface area contributed by atoms with E-state index in [1.807, 2.05) is 5.32 Å². The molecule has 29 heavy (non-hydrogen) atoms. The smallest absolute Gasteiger partial charge is 0.444 e. The Labute approximate surface area is 179 Å². The lowest BCUT2D eigenvalue weighted by Crippen LogP contribution is -2.38. The zero-order valence-corrected chi connectivity index (χ0v) is 18.6. The average molecular weight is 496 g/mol. The molecule has 1 aliphatic heterocycles. The molecule has 160 valence electrons. The maximum atomic E-state index is 12.6. The fraction of sp³-hybridized carbons (Fsp3) is 0.500. The third-order valence-corrected chi connectivity index (χ3v) is 5.15. The standard InChI is InChI=1S/C18H21BrF3N3O3S/c1-16(2,3)28-15(27)24-14-25-17(4,5-6-29-14)10-7-11(19)9-12(8-10)23-13(26)18(20,21)22/h7-9H,5-6H2,1-4H3,(H,23,26)(H,24,25,27). The molecule has 1 aromatic carbocycles. The van der Waals surface area contributed by atoms with Crippen molar-refractivity contribution in [2.45, 2.75) is 51.4 Å². The van der Waals surface area contributed by atoms with Gasteiger partial charge >= 0.3 is 18.2 Å². The molecule has 0 aromatic heterocycles. The number of thioether (sulfide) groups is 1. The molecule has 2 amide bonds. The van der Waals surface area contributed by atoms with Crippen molar-refractivity contribution in [1.29, 1.82) is 0 Å². The van der Waals surface area contributed by atoms with E-state index in [4.69, 9.17) is 4.74 Å². The van der Waals surface area contributed by atoms with Crippen molar-refractivity contribution in [3.8, 4) is 0 Å². The number of benzene rings is 1. The van der Waals surface area contributed by atoms with Gasteiger partial charge in [-0.1, -0.05) is 27.7 Å². The number of nitrogens with one attached hydrogen (secondary N) is 2. The van der Waals surface area contributed by atoms with Gasteiger partial charge in [-0.05, 0) is 57.9 Å². The van der Waals surface area contributed by atoms with Gasteiger partial charge in [0.15, 0.2) is 5.17 Å². The van der Waals surface area contributed by atoms with Gasteiger partial charge in [0.25, 0.3) is 0 Å². The van der Waals surface area contributed by atoms with Crippen LogP contribution in [0.4, 0.5) is 23.7 Å². The molecule has 0 spiro atoms. The largest absolute Gasteiger partial charge is 0.471 e. The number of aliphatic imine (C=N–C) groups is 1. The Hall–Kier alpha value is -1.75. The van der Waals surface area contributed by atoms with Crippen LogP contribution < -0.4 is 10.6 Å². The number of nitrogens with zero attached hydrogens (tertiary/aromatic N) is 1. The molecule has 0 bridgehead atoms. The van der Waals surface area contributed by atoms with Crippen molar-refractivity contribution in [2.24, 2.45) is 4.99 Å². The second-order valence-electron chi connectivity index (χ2n) is 7.60. The van der Waals surface area contributed by atoms with Crippen LogP contribution in [0.1, 0.15) is 39.7 Å². The quantitative estimate of drug-likeness (QED) is 0.592. The van der Waals surface area contributed by atoms with Crippen molar-refractivity contribution in [1.82, 2.24) is 5.32 Å². The summed E-state index contributed by atoms with van der Waals surface area (Å²) in [7, 11) is 0. The normalized spacial score (nSPS) is 19.9. The Balaban J connectivity index is 2.27. The number of carbonyl (C=O) groups excluding carboxylic acids is 2. The SMILES string of the molecule is CC(C)(C)OC(=O)NC1=NC(C)(c2cc(Br)cc(NC(=O)C(F)(F)F)c2)CCS1. The summed E-state index contributed by atoms with van der Waals surface area (Å²) in [6, 6.07) is 4.53. The highest BCUT2D eigenvalue weighted by Crippen LogP contribution is 2.38. The molecule has 1 aromatic rings. The lowest BCUT2D eigenvalue weighted by Gasteiger charge is -2.31. The van der Waals surface area contributed by atoms with Crippen LogP contribution >= 0.6 is 27.7 Å². The number of carbonyl (C=O) groups is 2. The highest BCUT2D eigenvalue weighted by atomic mass is 79.9. The Bertz CT molecular complexity index is 840. The minimum absolute atomic E-state index is 0.00648. The Kier molecular flexibility index (Phi) is 6.93.